The van der Waals surface area contributed by atoms with E-state index in [0.717, 1.165) is 32.1 Å². The minimum absolute atomic E-state index is 0. The molecule has 8 nitrogen and oxygen atoms in total. The summed E-state index contributed by atoms with van der Waals surface area (Å²) in [5.74, 6) is 0. The van der Waals surface area contributed by atoms with Gasteiger partial charge in [0, 0.05) is 0 Å². The summed E-state index contributed by atoms with van der Waals surface area (Å²) in [5, 5.41) is 0. The molecule has 0 aromatic rings. The molecule has 0 aromatic heterocycles. The Morgan fingerprint density at radius 2 is 0.784 bits per heavy atom. The van der Waals surface area contributed by atoms with Crippen LogP contribution in [-0.4, -0.2) is 35.7 Å². The van der Waals surface area contributed by atoms with E-state index in [0.29, 0.717) is 12.8 Å². The Bertz CT molecular complexity index is 561. The van der Waals surface area contributed by atoms with E-state index < -0.39 is 15.6 Å². The van der Waals surface area contributed by atoms with Crippen molar-refractivity contribution in [1.82, 2.24) is 0 Å². The van der Waals surface area contributed by atoms with Gasteiger partial charge in [0.15, 0.2) is 0 Å². The molecule has 0 bridgehead atoms. The first kappa shape index (κ1) is 41.7. The van der Waals surface area contributed by atoms with Crippen LogP contribution in [0.3, 0.4) is 0 Å². The summed E-state index contributed by atoms with van der Waals surface area (Å²) < 4.78 is 43.2. The Labute approximate surface area is 229 Å². The summed E-state index contributed by atoms with van der Waals surface area (Å²) in [6.45, 7) is 6.09. The molecule has 0 saturated carbocycles. The summed E-state index contributed by atoms with van der Waals surface area (Å²) in [6, 6.07) is 0. The largest absolute Gasteiger partial charge is 0.472 e. The molecule has 0 aromatic carbocycles. The second-order valence-corrected chi connectivity index (χ2v) is 12.5. The van der Waals surface area contributed by atoms with E-state index in [2.05, 4.69) is 6.92 Å². The second kappa shape index (κ2) is 27.8. The van der Waals surface area contributed by atoms with Gasteiger partial charge in [-0.2, -0.15) is 0 Å². The molecule has 0 fully saturated rings. The fraction of sp³-hybridized carbons (Fsp3) is 1.00. The first-order valence-electron chi connectivity index (χ1n) is 14.0. The van der Waals surface area contributed by atoms with Crippen molar-refractivity contribution in [3.63, 3.8) is 0 Å². The molecule has 2 unspecified atom stereocenters. The minimum Gasteiger partial charge on any atom is -0.302 e. The predicted molar refractivity (Wildman–Crippen MR) is 156 cm³/mol. The molecule has 0 aliphatic carbocycles. The first-order chi connectivity index (χ1) is 16.7. The Kier molecular flexibility index (Phi) is 31.3. The van der Waals surface area contributed by atoms with Crippen LogP contribution in [0.4, 0.5) is 0 Å². The zero-order valence-corrected chi connectivity index (χ0v) is 24.5. The molecular formula is C27H62O8P2. The van der Waals surface area contributed by atoms with Crippen LogP contribution in [0.1, 0.15) is 151 Å². The maximum atomic E-state index is 11.9. The van der Waals surface area contributed by atoms with Gasteiger partial charge in [-0.1, -0.05) is 118 Å². The highest BCUT2D eigenvalue weighted by atomic mass is 31.2. The van der Waals surface area contributed by atoms with Crippen molar-refractivity contribution >= 4 is 15.6 Å². The average Bonchev–Trinajstić information content (AvgIpc) is 2.77. The van der Waals surface area contributed by atoms with Gasteiger partial charge in [-0.05, 0) is 33.1 Å². The van der Waals surface area contributed by atoms with Crippen LogP contribution in [0.25, 0.3) is 0 Å². The number of unbranched alkanes of at least 4 members (excludes halogenated alkanes) is 16. The topological polar surface area (TPSA) is 112 Å². The molecule has 0 heterocycles. The predicted octanol–water partition coefficient (Wildman–Crippen LogP) is 9.98. The van der Waals surface area contributed by atoms with Gasteiger partial charge in [0.25, 0.3) is 0 Å². The first-order valence-corrected chi connectivity index (χ1v) is 16.9. The van der Waals surface area contributed by atoms with Gasteiger partial charge < -0.3 is 9.79 Å². The normalized spacial score (nSPS) is 14.5. The quantitative estimate of drug-likeness (QED) is 0.0734. The van der Waals surface area contributed by atoms with Crippen LogP contribution in [0, 0.1) is 0 Å². The number of hydrogen-bond donors (Lipinski definition) is 2. The van der Waals surface area contributed by atoms with E-state index in [9.17, 15) is 18.9 Å². The molecule has 2 N–H and O–H groups in total. The van der Waals surface area contributed by atoms with Gasteiger partial charge in [0.1, 0.15) is 0 Å². The lowest BCUT2D eigenvalue weighted by Crippen LogP contribution is -2.03. The molecule has 228 valence electrons. The summed E-state index contributed by atoms with van der Waals surface area (Å²) in [5.41, 5.74) is 0. The lowest BCUT2D eigenvalue weighted by molar-refractivity contribution is 0.118. The van der Waals surface area contributed by atoms with Crippen LogP contribution in [0.15, 0.2) is 0 Å². The van der Waals surface area contributed by atoms with Crippen molar-refractivity contribution < 1.29 is 37.0 Å². The van der Waals surface area contributed by atoms with Gasteiger partial charge in [0.05, 0.1) is 25.9 Å². The highest BCUT2D eigenvalue weighted by molar-refractivity contribution is 7.47. The molecule has 0 rings (SSSR count). The molecule has 0 amide bonds. The van der Waals surface area contributed by atoms with Gasteiger partial charge >= 0.3 is 15.6 Å². The maximum Gasteiger partial charge on any atom is 0.472 e. The molecule has 0 aliphatic heterocycles. The number of hydrogen-bond acceptors (Lipinski definition) is 6. The third-order valence-corrected chi connectivity index (χ3v) is 7.86. The summed E-state index contributed by atoms with van der Waals surface area (Å²) >= 11 is 0. The third kappa shape index (κ3) is 32.3. The minimum atomic E-state index is -3.99. The molecule has 0 aliphatic rings. The summed E-state index contributed by atoms with van der Waals surface area (Å²) in [7, 11) is -7.96. The van der Waals surface area contributed by atoms with E-state index in [4.69, 9.17) is 18.1 Å². The SMILES string of the molecule is C.C.CCCCCCCCCCCCCCCCOP(=O)(O)OCCCCCCOP(=O)(O)OC(C)C. The smallest absolute Gasteiger partial charge is 0.302 e. The van der Waals surface area contributed by atoms with Crippen LogP contribution in [0.2, 0.25) is 0 Å². The number of phosphoric acid groups is 2. The second-order valence-electron chi connectivity index (χ2n) is 9.60. The van der Waals surface area contributed by atoms with Crippen molar-refractivity contribution in [2.75, 3.05) is 19.8 Å². The van der Waals surface area contributed by atoms with Gasteiger partial charge in [0.2, 0.25) is 0 Å². The monoisotopic (exact) mass is 576 g/mol. The maximum absolute atomic E-state index is 11.9. The molecule has 0 radical (unpaired) electrons. The van der Waals surface area contributed by atoms with E-state index in [1.165, 1.54) is 70.6 Å². The van der Waals surface area contributed by atoms with Gasteiger partial charge in [-0.25, -0.2) is 9.13 Å². The lowest BCUT2D eigenvalue weighted by atomic mass is 10.0. The number of phosphoric ester groups is 2. The van der Waals surface area contributed by atoms with Crippen molar-refractivity contribution in [2.45, 2.75) is 157 Å². The average molecular weight is 577 g/mol. The fourth-order valence-electron chi connectivity index (χ4n) is 3.73. The molecule has 2 atom stereocenters. The Morgan fingerprint density at radius 3 is 1.08 bits per heavy atom. The standard InChI is InChI=1S/C25H54O8P2.2CH4/c1-4-5-6-7-8-9-10-11-12-13-14-15-16-19-22-30-34(26,27)31-23-20-17-18-21-24-32-35(28,29)33-25(2)3;;/h25H,4-24H2,1-3H3,(H,26,27)(H,28,29);2*1H4. The van der Waals surface area contributed by atoms with E-state index >= 15 is 0 Å². The molecule has 37 heavy (non-hydrogen) atoms. The van der Waals surface area contributed by atoms with Gasteiger partial charge in [-0.15, -0.1) is 0 Å². The molecule has 10 heteroatoms. The van der Waals surface area contributed by atoms with Crippen LogP contribution in [0.5, 0.6) is 0 Å². The highest BCUT2D eigenvalue weighted by Gasteiger charge is 2.22. The van der Waals surface area contributed by atoms with E-state index in [-0.39, 0.29) is 40.8 Å². The summed E-state index contributed by atoms with van der Waals surface area (Å²) in [4.78, 5) is 19.2. The van der Waals surface area contributed by atoms with Crippen molar-refractivity contribution in [2.24, 2.45) is 0 Å². The fourth-order valence-corrected chi connectivity index (χ4v) is 5.48. The van der Waals surface area contributed by atoms with Crippen molar-refractivity contribution in [3.8, 4) is 0 Å². The number of rotatable bonds is 27. The van der Waals surface area contributed by atoms with Crippen molar-refractivity contribution in [3.05, 3.63) is 0 Å². The molecule has 0 spiro atoms. The van der Waals surface area contributed by atoms with Crippen molar-refractivity contribution in [1.29, 1.82) is 0 Å². The van der Waals surface area contributed by atoms with Crippen LogP contribution < -0.4 is 0 Å². The molecular weight excluding hydrogens is 514 g/mol. The molecule has 0 saturated heterocycles. The summed E-state index contributed by atoms with van der Waals surface area (Å²) in [6.07, 6.45) is 20.0. The van der Waals surface area contributed by atoms with Crippen LogP contribution >= 0.6 is 15.6 Å². The third-order valence-electron chi connectivity index (χ3n) is 5.64. The highest BCUT2D eigenvalue weighted by Crippen LogP contribution is 2.45. The Morgan fingerprint density at radius 1 is 0.514 bits per heavy atom. The van der Waals surface area contributed by atoms with Crippen LogP contribution in [-0.2, 0) is 27.2 Å². The zero-order chi connectivity index (χ0) is 26.3. The van der Waals surface area contributed by atoms with E-state index in [1.54, 1.807) is 13.8 Å². The van der Waals surface area contributed by atoms with E-state index in [1.807, 2.05) is 0 Å². The van der Waals surface area contributed by atoms with Gasteiger partial charge in [-0.3, -0.25) is 18.1 Å². The lowest BCUT2D eigenvalue weighted by Gasteiger charge is -2.14. The Balaban J connectivity index is -0.00000578. The zero-order valence-electron chi connectivity index (χ0n) is 22.7. The Hall–Kier alpha value is 0.220.